The Morgan fingerprint density at radius 1 is 1.02 bits per heavy atom. The van der Waals surface area contributed by atoms with Crippen molar-refractivity contribution < 1.29 is 33.4 Å². The summed E-state index contributed by atoms with van der Waals surface area (Å²) in [5, 5.41) is 17.9. The van der Waals surface area contributed by atoms with E-state index in [1.54, 1.807) is 63.2 Å². The Bertz CT molecular complexity index is 1500. The van der Waals surface area contributed by atoms with Crippen molar-refractivity contribution in [1.29, 1.82) is 0 Å². The molecule has 3 rings (SSSR count). The van der Waals surface area contributed by atoms with Crippen molar-refractivity contribution in [2.45, 2.75) is 45.7 Å². The van der Waals surface area contributed by atoms with E-state index in [0.717, 1.165) is 0 Å². The Kier molecular flexibility index (Phi) is 10.5. The van der Waals surface area contributed by atoms with E-state index >= 15 is 0 Å². The fourth-order valence-electron chi connectivity index (χ4n) is 4.21. The lowest BCUT2D eigenvalue weighted by molar-refractivity contribution is -0.143. The molecule has 0 unspecified atom stereocenters. The largest absolute Gasteiger partial charge is 0.497 e. The average molecular weight is 586 g/mol. The first-order valence-electron chi connectivity index (χ1n) is 12.8. The van der Waals surface area contributed by atoms with E-state index in [1.165, 1.54) is 7.11 Å². The third-order valence-corrected chi connectivity index (χ3v) is 6.76. The summed E-state index contributed by atoms with van der Waals surface area (Å²) in [5.74, 6) is -3.04. The highest BCUT2D eigenvalue weighted by atomic mass is 35.5. The van der Waals surface area contributed by atoms with Crippen LogP contribution in [0.1, 0.15) is 30.5 Å². The van der Waals surface area contributed by atoms with Gasteiger partial charge in [-0.3, -0.25) is 14.4 Å². The van der Waals surface area contributed by atoms with Crippen LogP contribution in [0.5, 0.6) is 5.75 Å². The van der Waals surface area contributed by atoms with Gasteiger partial charge in [0, 0.05) is 22.9 Å². The van der Waals surface area contributed by atoms with Gasteiger partial charge in [-0.1, -0.05) is 37.6 Å². The number of rotatable bonds is 12. The summed E-state index contributed by atoms with van der Waals surface area (Å²) in [6.45, 7) is 4.49. The number of benzene rings is 2. The monoisotopic (exact) mass is 585 g/mol. The third-order valence-electron chi connectivity index (χ3n) is 6.51. The first-order chi connectivity index (χ1) is 19.4. The number of carboxylic acid groups (broad SMARTS) is 1. The molecule has 0 saturated carbocycles. The predicted molar refractivity (Wildman–Crippen MR) is 152 cm³/mol. The van der Waals surface area contributed by atoms with Crippen LogP contribution in [0.4, 0.5) is 0 Å². The molecule has 0 aliphatic rings. The van der Waals surface area contributed by atoms with Gasteiger partial charge in [0.2, 0.25) is 17.7 Å². The summed E-state index contributed by atoms with van der Waals surface area (Å²) in [7, 11) is 1.49. The molecule has 4 N–H and O–H groups in total. The lowest BCUT2D eigenvalue weighted by Gasteiger charge is -2.20. The van der Waals surface area contributed by atoms with Crippen molar-refractivity contribution >= 4 is 46.3 Å². The molecule has 0 bridgehead atoms. The molecule has 41 heavy (non-hydrogen) atoms. The smallest absolute Gasteiger partial charge is 0.340 e. The van der Waals surface area contributed by atoms with Crippen molar-refractivity contribution in [2.24, 2.45) is 5.92 Å². The van der Waals surface area contributed by atoms with Crippen LogP contribution in [0, 0.1) is 12.8 Å². The van der Waals surface area contributed by atoms with Crippen molar-refractivity contribution in [3.8, 4) is 5.75 Å². The highest BCUT2D eigenvalue weighted by Crippen LogP contribution is 2.24. The van der Waals surface area contributed by atoms with E-state index in [2.05, 4.69) is 16.0 Å². The number of carboxylic acids is 1. The van der Waals surface area contributed by atoms with Gasteiger partial charge in [-0.25, -0.2) is 9.59 Å². The van der Waals surface area contributed by atoms with Crippen LogP contribution in [0.25, 0.3) is 11.0 Å². The number of carbonyl (C=O) groups is 4. The lowest BCUT2D eigenvalue weighted by atomic mass is 10.0. The number of nitrogens with one attached hydrogen (secondary N) is 3. The van der Waals surface area contributed by atoms with E-state index in [4.69, 9.17) is 20.8 Å². The molecular weight excluding hydrogens is 554 g/mol. The minimum Gasteiger partial charge on any atom is -0.497 e. The molecule has 2 aromatic carbocycles. The SMILES string of the molecule is COc1ccc2c(C)c(CC(=O)N[C@H](Cc3ccc(Cl)cc3)C(=O)NCC(=O)N[C@H](C(=O)O)C(C)C)c(=O)oc2c1. The van der Waals surface area contributed by atoms with Crippen LogP contribution in [0.15, 0.2) is 51.7 Å². The Morgan fingerprint density at radius 2 is 1.71 bits per heavy atom. The third kappa shape index (κ3) is 8.31. The molecule has 3 amide bonds. The quantitative estimate of drug-likeness (QED) is 0.235. The summed E-state index contributed by atoms with van der Waals surface area (Å²) < 4.78 is 10.6. The van der Waals surface area contributed by atoms with Gasteiger partial charge in [-0.15, -0.1) is 0 Å². The zero-order chi connectivity index (χ0) is 30.3. The Labute approximate surface area is 241 Å². The molecule has 12 heteroatoms. The molecule has 1 heterocycles. The topological polar surface area (TPSA) is 164 Å². The molecular formula is C29H32ClN3O8. The van der Waals surface area contributed by atoms with Gasteiger partial charge < -0.3 is 30.2 Å². The Morgan fingerprint density at radius 3 is 2.32 bits per heavy atom. The Hall–Kier alpha value is -4.38. The number of aryl methyl sites for hydroxylation is 1. The second kappa shape index (κ2) is 13.8. The molecule has 0 saturated heterocycles. The van der Waals surface area contributed by atoms with Crippen molar-refractivity contribution in [2.75, 3.05) is 13.7 Å². The van der Waals surface area contributed by atoms with Gasteiger partial charge in [0.05, 0.1) is 25.6 Å². The van der Waals surface area contributed by atoms with E-state index in [0.29, 0.717) is 32.9 Å². The number of ether oxygens (including phenoxy) is 1. The number of aliphatic carboxylic acids is 1. The normalized spacial score (nSPS) is 12.4. The molecule has 0 spiro atoms. The maximum atomic E-state index is 13.1. The standard InChI is InChI=1S/C29H32ClN3O8/c1-15(2)26(28(37)38)33-25(35)14-31-27(36)22(11-17-5-7-18(30)8-6-17)32-24(34)13-21-16(3)20-10-9-19(40-4)12-23(20)41-29(21)39/h5-10,12,15,22,26H,11,13-14H2,1-4H3,(H,31,36)(H,32,34)(H,33,35)(H,37,38)/t22-,26+/m1/s1. The molecule has 0 aliphatic carbocycles. The number of amides is 3. The maximum Gasteiger partial charge on any atom is 0.340 e. The van der Waals surface area contributed by atoms with Crippen molar-refractivity contribution in [3.63, 3.8) is 0 Å². The molecule has 2 atom stereocenters. The van der Waals surface area contributed by atoms with Gasteiger partial charge >= 0.3 is 11.6 Å². The maximum absolute atomic E-state index is 13.1. The van der Waals surface area contributed by atoms with Crippen LogP contribution in [-0.4, -0.2) is 54.5 Å². The van der Waals surface area contributed by atoms with Gasteiger partial charge in [-0.05, 0) is 48.2 Å². The second-order valence-corrected chi connectivity index (χ2v) is 10.3. The molecule has 3 aromatic rings. The van der Waals surface area contributed by atoms with Crippen LogP contribution in [0.2, 0.25) is 5.02 Å². The van der Waals surface area contributed by atoms with Gasteiger partial charge in [0.1, 0.15) is 23.4 Å². The molecule has 11 nitrogen and oxygen atoms in total. The summed E-state index contributed by atoms with van der Waals surface area (Å²) in [5.41, 5.74) is 1.00. The number of halogens is 1. The zero-order valence-corrected chi connectivity index (χ0v) is 23.8. The van der Waals surface area contributed by atoms with E-state index < -0.39 is 47.9 Å². The highest BCUT2D eigenvalue weighted by Gasteiger charge is 2.26. The first-order valence-corrected chi connectivity index (χ1v) is 13.2. The number of methoxy groups -OCH3 is 1. The summed E-state index contributed by atoms with van der Waals surface area (Å²) in [4.78, 5) is 62.6. The van der Waals surface area contributed by atoms with Crippen LogP contribution in [0.3, 0.4) is 0 Å². The van der Waals surface area contributed by atoms with Gasteiger partial charge in [-0.2, -0.15) is 0 Å². The predicted octanol–water partition coefficient (Wildman–Crippen LogP) is 2.38. The molecule has 1 aromatic heterocycles. The van der Waals surface area contributed by atoms with Crippen LogP contribution in [-0.2, 0) is 32.0 Å². The van der Waals surface area contributed by atoms with E-state index in [9.17, 15) is 29.1 Å². The van der Waals surface area contributed by atoms with E-state index in [-0.39, 0.29) is 24.3 Å². The second-order valence-electron chi connectivity index (χ2n) is 9.83. The van der Waals surface area contributed by atoms with Crippen LogP contribution < -0.4 is 26.3 Å². The van der Waals surface area contributed by atoms with Gasteiger partial charge in [0.15, 0.2) is 0 Å². The zero-order valence-electron chi connectivity index (χ0n) is 23.1. The average Bonchev–Trinajstić information content (AvgIpc) is 2.92. The fourth-order valence-corrected chi connectivity index (χ4v) is 4.33. The van der Waals surface area contributed by atoms with E-state index in [1.807, 2.05) is 0 Å². The Balaban J connectivity index is 1.77. The summed E-state index contributed by atoms with van der Waals surface area (Å²) in [6.07, 6.45) is -0.291. The first kappa shape index (κ1) is 31.2. The number of fused-ring (bicyclic) bond motifs is 1. The lowest BCUT2D eigenvalue weighted by Crippen LogP contribution is -2.52. The van der Waals surface area contributed by atoms with Crippen molar-refractivity contribution in [3.05, 3.63) is 74.6 Å². The highest BCUT2D eigenvalue weighted by molar-refractivity contribution is 6.30. The summed E-state index contributed by atoms with van der Waals surface area (Å²) >= 11 is 5.96. The number of hydrogen-bond donors (Lipinski definition) is 4. The fraction of sp³-hybridized carbons (Fsp3) is 0.345. The molecule has 0 radical (unpaired) electrons. The van der Waals surface area contributed by atoms with Crippen LogP contribution >= 0.6 is 11.6 Å². The minimum atomic E-state index is -1.19. The van der Waals surface area contributed by atoms with Crippen molar-refractivity contribution in [1.82, 2.24) is 16.0 Å². The molecule has 0 aliphatic heterocycles. The number of carbonyl (C=O) groups excluding carboxylic acids is 3. The number of hydrogen-bond acceptors (Lipinski definition) is 7. The molecule has 0 fully saturated rings. The minimum absolute atomic E-state index is 0.0607. The molecule has 218 valence electrons. The summed E-state index contributed by atoms with van der Waals surface area (Å²) in [6, 6.07) is 9.43. The van der Waals surface area contributed by atoms with Gasteiger partial charge in [0.25, 0.3) is 0 Å².